The molecule has 1 aromatic rings. The minimum absolute atomic E-state index is 0.813. The molecule has 102 valence electrons. The van der Waals surface area contributed by atoms with E-state index in [1.807, 2.05) is 30.8 Å². The molecule has 0 aliphatic heterocycles. The Kier molecular flexibility index (Phi) is 8.73. The largest absolute Gasteiger partial charge is 0.497 e. The molecule has 0 aliphatic carbocycles. The van der Waals surface area contributed by atoms with Crippen molar-refractivity contribution in [3.63, 3.8) is 0 Å². The number of rotatable bonds is 10. The Morgan fingerprint density at radius 1 is 1.17 bits per heavy atom. The van der Waals surface area contributed by atoms with Crippen molar-refractivity contribution < 1.29 is 9.47 Å². The lowest BCUT2D eigenvalue weighted by molar-refractivity contribution is 0.145. The Bertz CT molecular complexity index is 303. The molecule has 0 unspecified atom stereocenters. The van der Waals surface area contributed by atoms with E-state index in [1.54, 1.807) is 7.11 Å². The van der Waals surface area contributed by atoms with Crippen molar-refractivity contribution in [1.82, 2.24) is 5.32 Å². The van der Waals surface area contributed by atoms with E-state index in [0.717, 1.165) is 44.2 Å². The van der Waals surface area contributed by atoms with Gasteiger partial charge in [-0.2, -0.15) is 0 Å². The van der Waals surface area contributed by atoms with Crippen molar-refractivity contribution in [3.05, 3.63) is 24.3 Å². The zero-order valence-electron chi connectivity index (χ0n) is 11.3. The van der Waals surface area contributed by atoms with Crippen LogP contribution >= 0.6 is 11.8 Å². The summed E-state index contributed by atoms with van der Waals surface area (Å²) < 4.78 is 10.4. The van der Waals surface area contributed by atoms with Crippen LogP contribution in [-0.4, -0.2) is 39.2 Å². The quantitative estimate of drug-likeness (QED) is 0.522. The fourth-order valence-corrected chi connectivity index (χ4v) is 2.29. The second kappa shape index (κ2) is 10.2. The summed E-state index contributed by atoms with van der Waals surface area (Å²) in [4.78, 5) is 1.28. The summed E-state index contributed by atoms with van der Waals surface area (Å²) >= 11 is 1.86. The average molecular weight is 269 g/mol. The Morgan fingerprint density at radius 2 is 1.94 bits per heavy atom. The Hall–Kier alpha value is -0.710. The predicted molar refractivity (Wildman–Crippen MR) is 77.7 cm³/mol. The SMILES string of the molecule is CCOCCCNCCSc1ccc(OC)cc1. The van der Waals surface area contributed by atoms with Crippen LogP contribution in [0.1, 0.15) is 13.3 Å². The lowest BCUT2D eigenvalue weighted by Gasteiger charge is -2.05. The molecule has 18 heavy (non-hydrogen) atoms. The van der Waals surface area contributed by atoms with Crippen molar-refractivity contribution in [2.24, 2.45) is 0 Å². The first-order valence-corrected chi connectivity index (χ1v) is 7.40. The number of nitrogens with one attached hydrogen (secondary N) is 1. The molecule has 0 amide bonds. The smallest absolute Gasteiger partial charge is 0.118 e. The number of hydrogen-bond acceptors (Lipinski definition) is 4. The van der Waals surface area contributed by atoms with Gasteiger partial charge >= 0.3 is 0 Å². The molecule has 0 fully saturated rings. The Morgan fingerprint density at radius 3 is 2.61 bits per heavy atom. The highest BCUT2D eigenvalue weighted by Crippen LogP contribution is 2.20. The molecule has 3 nitrogen and oxygen atoms in total. The van der Waals surface area contributed by atoms with Gasteiger partial charge in [0.05, 0.1) is 7.11 Å². The van der Waals surface area contributed by atoms with Crippen LogP contribution in [0.25, 0.3) is 0 Å². The van der Waals surface area contributed by atoms with E-state index < -0.39 is 0 Å². The summed E-state index contributed by atoms with van der Waals surface area (Å²) in [7, 11) is 1.69. The van der Waals surface area contributed by atoms with Gasteiger partial charge in [-0.05, 0) is 44.2 Å². The molecule has 0 radical (unpaired) electrons. The van der Waals surface area contributed by atoms with Crippen LogP contribution in [0.4, 0.5) is 0 Å². The predicted octanol–water partition coefficient (Wildman–Crippen LogP) is 2.80. The first-order valence-electron chi connectivity index (χ1n) is 6.42. The topological polar surface area (TPSA) is 30.5 Å². The third-order valence-electron chi connectivity index (χ3n) is 2.45. The van der Waals surface area contributed by atoms with E-state index in [1.165, 1.54) is 4.90 Å². The van der Waals surface area contributed by atoms with Crippen molar-refractivity contribution in [2.45, 2.75) is 18.2 Å². The van der Waals surface area contributed by atoms with Crippen LogP contribution < -0.4 is 10.1 Å². The summed E-state index contributed by atoms with van der Waals surface area (Å²) in [5, 5.41) is 3.41. The summed E-state index contributed by atoms with van der Waals surface area (Å²) in [5.41, 5.74) is 0. The lowest BCUT2D eigenvalue weighted by atomic mass is 10.3. The standard InChI is InChI=1S/C14H23NO2S/c1-3-17-11-4-9-15-10-12-18-14-7-5-13(16-2)6-8-14/h5-8,15H,3-4,9-12H2,1-2H3. The van der Waals surface area contributed by atoms with Gasteiger partial charge in [-0.1, -0.05) is 0 Å². The molecule has 0 saturated carbocycles. The summed E-state index contributed by atoms with van der Waals surface area (Å²) in [5.74, 6) is 1.99. The molecule has 0 spiro atoms. The van der Waals surface area contributed by atoms with Crippen molar-refractivity contribution >= 4 is 11.8 Å². The molecule has 0 heterocycles. The maximum atomic E-state index is 5.27. The van der Waals surface area contributed by atoms with Crippen LogP contribution in [0.2, 0.25) is 0 Å². The van der Waals surface area contributed by atoms with E-state index in [9.17, 15) is 0 Å². The van der Waals surface area contributed by atoms with Gasteiger partial charge in [0.15, 0.2) is 0 Å². The molecule has 4 heteroatoms. The fourth-order valence-electron chi connectivity index (χ4n) is 1.48. The minimum atomic E-state index is 0.813. The zero-order valence-corrected chi connectivity index (χ0v) is 12.1. The summed E-state index contributed by atoms with van der Waals surface area (Å²) in [6.07, 6.45) is 1.08. The molecular formula is C14H23NO2S. The van der Waals surface area contributed by atoms with E-state index in [0.29, 0.717) is 0 Å². The average Bonchev–Trinajstić information content (AvgIpc) is 2.42. The third kappa shape index (κ3) is 6.89. The lowest BCUT2D eigenvalue weighted by Crippen LogP contribution is -2.19. The van der Waals surface area contributed by atoms with Gasteiger partial charge in [0.2, 0.25) is 0 Å². The molecule has 0 saturated heterocycles. The highest BCUT2D eigenvalue weighted by Gasteiger charge is 1.95. The van der Waals surface area contributed by atoms with Gasteiger partial charge in [0.1, 0.15) is 5.75 Å². The van der Waals surface area contributed by atoms with Crippen LogP contribution in [0.5, 0.6) is 5.75 Å². The molecule has 0 atom stereocenters. The molecule has 1 rings (SSSR count). The van der Waals surface area contributed by atoms with Crippen molar-refractivity contribution in [3.8, 4) is 5.75 Å². The maximum absolute atomic E-state index is 5.27. The molecule has 0 aromatic heterocycles. The fraction of sp³-hybridized carbons (Fsp3) is 0.571. The second-order valence-corrected chi connectivity index (χ2v) is 4.99. The maximum Gasteiger partial charge on any atom is 0.118 e. The number of thioether (sulfide) groups is 1. The highest BCUT2D eigenvalue weighted by atomic mass is 32.2. The van der Waals surface area contributed by atoms with Crippen LogP contribution in [0.15, 0.2) is 29.2 Å². The first kappa shape index (κ1) is 15.3. The second-order valence-electron chi connectivity index (χ2n) is 3.82. The van der Waals surface area contributed by atoms with Gasteiger partial charge in [-0.25, -0.2) is 0 Å². The van der Waals surface area contributed by atoms with Gasteiger partial charge in [0.25, 0.3) is 0 Å². The molecular weight excluding hydrogens is 246 g/mol. The van der Waals surface area contributed by atoms with Crippen LogP contribution in [0.3, 0.4) is 0 Å². The highest BCUT2D eigenvalue weighted by molar-refractivity contribution is 7.99. The van der Waals surface area contributed by atoms with Crippen LogP contribution in [0, 0.1) is 0 Å². The van der Waals surface area contributed by atoms with Gasteiger partial charge in [-0.15, -0.1) is 11.8 Å². The molecule has 0 aliphatic rings. The van der Waals surface area contributed by atoms with Crippen molar-refractivity contribution in [2.75, 3.05) is 39.2 Å². The number of benzene rings is 1. The molecule has 1 N–H and O–H groups in total. The van der Waals surface area contributed by atoms with E-state index in [4.69, 9.17) is 9.47 Å². The summed E-state index contributed by atoms with van der Waals surface area (Å²) in [6, 6.07) is 8.19. The molecule has 0 bridgehead atoms. The molecule has 1 aromatic carbocycles. The van der Waals surface area contributed by atoms with E-state index in [-0.39, 0.29) is 0 Å². The van der Waals surface area contributed by atoms with Gasteiger partial charge in [0, 0.05) is 30.4 Å². The number of ether oxygens (including phenoxy) is 2. The number of hydrogen-bond donors (Lipinski definition) is 1. The van der Waals surface area contributed by atoms with Crippen molar-refractivity contribution in [1.29, 1.82) is 0 Å². The van der Waals surface area contributed by atoms with Gasteiger partial charge < -0.3 is 14.8 Å². The third-order valence-corrected chi connectivity index (χ3v) is 3.47. The Labute approximate surface area is 114 Å². The number of methoxy groups -OCH3 is 1. The summed E-state index contributed by atoms with van der Waals surface area (Å²) in [6.45, 7) is 5.76. The Balaban J connectivity index is 2.00. The van der Waals surface area contributed by atoms with E-state index >= 15 is 0 Å². The first-order chi connectivity index (χ1) is 8.86. The van der Waals surface area contributed by atoms with Crippen LogP contribution in [-0.2, 0) is 4.74 Å². The zero-order chi connectivity index (χ0) is 13.1. The normalized spacial score (nSPS) is 10.6. The van der Waals surface area contributed by atoms with Gasteiger partial charge in [-0.3, -0.25) is 0 Å². The monoisotopic (exact) mass is 269 g/mol. The van der Waals surface area contributed by atoms with E-state index in [2.05, 4.69) is 17.4 Å². The minimum Gasteiger partial charge on any atom is -0.497 e.